The lowest BCUT2D eigenvalue weighted by molar-refractivity contribution is -0.140. The van der Waals surface area contributed by atoms with Crippen LogP contribution >= 0.6 is 0 Å². The van der Waals surface area contributed by atoms with Gasteiger partial charge in [-0.05, 0) is 31.0 Å². The summed E-state index contributed by atoms with van der Waals surface area (Å²) in [5, 5.41) is 18.4. The van der Waals surface area contributed by atoms with Gasteiger partial charge in [-0.25, -0.2) is 4.39 Å². The number of aliphatic carboxylic acids is 1. The van der Waals surface area contributed by atoms with E-state index < -0.39 is 17.2 Å². The zero-order valence-corrected chi connectivity index (χ0v) is 7.33. The van der Waals surface area contributed by atoms with E-state index in [2.05, 4.69) is 0 Å². The Morgan fingerprint density at radius 1 is 1.43 bits per heavy atom. The highest BCUT2D eigenvalue weighted by Gasteiger charge is 2.53. The third-order valence-corrected chi connectivity index (χ3v) is 2.63. The maximum absolute atomic E-state index is 12.9. The first-order valence-corrected chi connectivity index (χ1v) is 4.29. The maximum atomic E-state index is 12.9. The van der Waals surface area contributed by atoms with E-state index in [1.807, 2.05) is 0 Å². The van der Waals surface area contributed by atoms with E-state index in [9.17, 15) is 14.3 Å². The van der Waals surface area contributed by atoms with Crippen LogP contribution < -0.4 is 0 Å². The number of halogens is 1. The molecule has 14 heavy (non-hydrogen) atoms. The molecule has 4 heteroatoms. The summed E-state index contributed by atoms with van der Waals surface area (Å²) in [5.41, 5.74) is -0.864. The van der Waals surface area contributed by atoms with Crippen molar-refractivity contribution in [3.05, 3.63) is 29.6 Å². The number of rotatable bonds is 2. The van der Waals surface area contributed by atoms with E-state index in [1.54, 1.807) is 0 Å². The molecular weight excluding hydrogens is 187 g/mol. The molecule has 0 radical (unpaired) electrons. The van der Waals surface area contributed by atoms with E-state index in [0.717, 1.165) is 12.1 Å². The topological polar surface area (TPSA) is 57.5 Å². The van der Waals surface area contributed by atoms with Gasteiger partial charge in [0.2, 0.25) is 0 Å². The number of aromatic hydroxyl groups is 1. The molecule has 2 N–H and O–H groups in total. The van der Waals surface area contributed by atoms with E-state index in [-0.39, 0.29) is 11.3 Å². The third kappa shape index (κ3) is 1.14. The highest BCUT2D eigenvalue weighted by Crippen LogP contribution is 2.51. The monoisotopic (exact) mass is 196 g/mol. The van der Waals surface area contributed by atoms with E-state index in [4.69, 9.17) is 5.11 Å². The fraction of sp³-hybridized carbons (Fsp3) is 0.300. The number of carboxylic acid groups (broad SMARTS) is 1. The highest BCUT2D eigenvalue weighted by atomic mass is 19.1. The molecule has 0 aliphatic heterocycles. The Morgan fingerprint density at radius 3 is 2.57 bits per heavy atom. The van der Waals surface area contributed by atoms with E-state index >= 15 is 0 Å². The van der Waals surface area contributed by atoms with Crippen molar-refractivity contribution < 1.29 is 19.4 Å². The highest BCUT2D eigenvalue weighted by molar-refractivity contribution is 5.85. The number of benzene rings is 1. The Hall–Kier alpha value is -1.58. The molecule has 0 heterocycles. The number of carboxylic acids is 1. The normalized spacial score (nSPS) is 17.8. The average Bonchev–Trinajstić information content (AvgIpc) is 2.90. The van der Waals surface area contributed by atoms with Gasteiger partial charge in [-0.3, -0.25) is 4.79 Å². The van der Waals surface area contributed by atoms with Crippen molar-refractivity contribution >= 4 is 5.97 Å². The number of phenols is 1. The fourth-order valence-electron chi connectivity index (χ4n) is 1.61. The van der Waals surface area contributed by atoms with Crippen molar-refractivity contribution in [2.75, 3.05) is 0 Å². The van der Waals surface area contributed by atoms with Gasteiger partial charge in [0.05, 0.1) is 5.41 Å². The van der Waals surface area contributed by atoms with Crippen molar-refractivity contribution in [3.8, 4) is 5.75 Å². The molecule has 2 rings (SSSR count). The molecule has 0 saturated heterocycles. The van der Waals surface area contributed by atoms with Gasteiger partial charge < -0.3 is 10.2 Å². The SMILES string of the molecule is O=C(O)C1(c2cc(F)ccc2O)CC1. The summed E-state index contributed by atoms with van der Waals surface area (Å²) in [5.74, 6) is -1.67. The van der Waals surface area contributed by atoms with Crippen LogP contribution in [0.2, 0.25) is 0 Å². The summed E-state index contributed by atoms with van der Waals surface area (Å²) in [6.45, 7) is 0. The summed E-state index contributed by atoms with van der Waals surface area (Å²) in [4.78, 5) is 10.9. The molecule has 1 aromatic carbocycles. The molecule has 0 unspecified atom stereocenters. The lowest BCUT2D eigenvalue weighted by atomic mass is 9.95. The second-order valence-electron chi connectivity index (χ2n) is 3.55. The predicted octanol–water partition coefficient (Wildman–Crippen LogP) is 1.65. The van der Waals surface area contributed by atoms with Gasteiger partial charge in [0.25, 0.3) is 0 Å². The molecule has 0 spiro atoms. The molecule has 0 amide bonds. The Morgan fingerprint density at radius 2 is 2.07 bits per heavy atom. The Balaban J connectivity index is 2.51. The molecule has 1 saturated carbocycles. The van der Waals surface area contributed by atoms with Crippen LogP contribution in [0.3, 0.4) is 0 Å². The quantitative estimate of drug-likeness (QED) is 0.756. The van der Waals surface area contributed by atoms with Gasteiger partial charge in [-0.2, -0.15) is 0 Å². The van der Waals surface area contributed by atoms with Gasteiger partial charge in [0.1, 0.15) is 11.6 Å². The summed E-state index contributed by atoms with van der Waals surface area (Å²) in [6, 6.07) is 3.39. The Bertz CT molecular complexity index is 396. The molecule has 74 valence electrons. The Labute approximate surface area is 79.8 Å². The van der Waals surface area contributed by atoms with E-state index in [1.165, 1.54) is 6.07 Å². The molecule has 1 aliphatic carbocycles. The molecular formula is C10H9FO3. The van der Waals surface area contributed by atoms with Crippen molar-refractivity contribution in [2.45, 2.75) is 18.3 Å². The second-order valence-corrected chi connectivity index (χ2v) is 3.55. The molecule has 1 fully saturated rings. The molecule has 0 bridgehead atoms. The van der Waals surface area contributed by atoms with Crippen LogP contribution in [0.1, 0.15) is 18.4 Å². The zero-order valence-electron chi connectivity index (χ0n) is 7.33. The van der Waals surface area contributed by atoms with Crippen LogP contribution in [-0.4, -0.2) is 16.2 Å². The molecule has 3 nitrogen and oxygen atoms in total. The summed E-state index contributed by atoms with van der Waals surface area (Å²) >= 11 is 0. The van der Waals surface area contributed by atoms with Gasteiger partial charge in [-0.15, -0.1) is 0 Å². The van der Waals surface area contributed by atoms with Crippen molar-refractivity contribution in [3.63, 3.8) is 0 Å². The predicted molar refractivity (Wildman–Crippen MR) is 46.6 cm³/mol. The van der Waals surface area contributed by atoms with Crippen LogP contribution in [0.15, 0.2) is 18.2 Å². The van der Waals surface area contributed by atoms with Crippen LogP contribution in [0.5, 0.6) is 5.75 Å². The second kappa shape index (κ2) is 2.70. The van der Waals surface area contributed by atoms with E-state index in [0.29, 0.717) is 12.8 Å². The zero-order chi connectivity index (χ0) is 10.3. The van der Waals surface area contributed by atoms with Crippen LogP contribution in [0.4, 0.5) is 4.39 Å². The van der Waals surface area contributed by atoms with Gasteiger partial charge >= 0.3 is 5.97 Å². The summed E-state index contributed by atoms with van der Waals surface area (Å²) in [6.07, 6.45) is 0.915. The smallest absolute Gasteiger partial charge is 0.314 e. The maximum Gasteiger partial charge on any atom is 0.314 e. The minimum Gasteiger partial charge on any atom is -0.508 e. The van der Waals surface area contributed by atoms with Gasteiger partial charge in [0.15, 0.2) is 0 Å². The first-order valence-electron chi connectivity index (χ1n) is 4.29. The van der Waals surface area contributed by atoms with Crippen LogP contribution in [0.25, 0.3) is 0 Å². The van der Waals surface area contributed by atoms with Crippen molar-refractivity contribution in [1.29, 1.82) is 0 Å². The standard InChI is InChI=1S/C10H9FO3/c11-6-1-2-8(12)7(5-6)10(3-4-10)9(13)14/h1-2,5,12H,3-4H2,(H,13,14). The summed E-state index contributed by atoms with van der Waals surface area (Å²) < 4.78 is 12.9. The molecule has 0 atom stereocenters. The Kier molecular flexibility index (Phi) is 1.74. The summed E-state index contributed by atoms with van der Waals surface area (Å²) in [7, 11) is 0. The van der Waals surface area contributed by atoms with Crippen LogP contribution in [-0.2, 0) is 10.2 Å². The minimum absolute atomic E-state index is 0.147. The number of phenolic OH excluding ortho intramolecular Hbond substituents is 1. The minimum atomic E-state index is -1.05. The molecule has 1 aliphatic rings. The molecule has 1 aromatic rings. The first-order chi connectivity index (χ1) is 6.56. The van der Waals surface area contributed by atoms with Crippen molar-refractivity contribution in [2.24, 2.45) is 0 Å². The number of hydrogen-bond donors (Lipinski definition) is 2. The van der Waals surface area contributed by atoms with Crippen molar-refractivity contribution in [1.82, 2.24) is 0 Å². The van der Waals surface area contributed by atoms with Crippen LogP contribution in [0, 0.1) is 5.82 Å². The lowest BCUT2D eigenvalue weighted by Gasteiger charge is -2.11. The number of carbonyl (C=O) groups is 1. The fourth-order valence-corrected chi connectivity index (χ4v) is 1.61. The lowest BCUT2D eigenvalue weighted by Crippen LogP contribution is -2.19. The van der Waals surface area contributed by atoms with Gasteiger partial charge in [0, 0.05) is 5.56 Å². The number of hydrogen-bond acceptors (Lipinski definition) is 2. The third-order valence-electron chi connectivity index (χ3n) is 2.63. The first kappa shape index (κ1) is 8.99. The largest absolute Gasteiger partial charge is 0.508 e. The average molecular weight is 196 g/mol. The van der Waals surface area contributed by atoms with Gasteiger partial charge in [-0.1, -0.05) is 0 Å². The molecule has 0 aromatic heterocycles.